The van der Waals surface area contributed by atoms with Gasteiger partial charge >= 0.3 is 17.2 Å². The van der Waals surface area contributed by atoms with Gasteiger partial charge in [0.1, 0.15) is 36.6 Å². The van der Waals surface area contributed by atoms with Gasteiger partial charge in [-0.3, -0.25) is 24.0 Å². The van der Waals surface area contributed by atoms with E-state index in [0.29, 0.717) is 58.5 Å². The van der Waals surface area contributed by atoms with Crippen molar-refractivity contribution in [2.24, 2.45) is 0 Å². The molecule has 0 bridgehead atoms. The number of ether oxygens (including phenoxy) is 4. The van der Waals surface area contributed by atoms with Gasteiger partial charge in [0.25, 0.3) is 0 Å². The number of fused-ring (bicyclic) bond motifs is 2. The summed E-state index contributed by atoms with van der Waals surface area (Å²) in [6.07, 6.45) is 2.92. The third kappa shape index (κ3) is 9.70. The molecule has 320 valence electrons. The molecule has 0 aromatic heterocycles. The molecule has 0 saturated heterocycles. The van der Waals surface area contributed by atoms with Crippen LogP contribution in [0.4, 0.5) is 0 Å². The number of aldehydes is 4. The number of benzene rings is 6. The lowest BCUT2D eigenvalue weighted by atomic mass is 9.84. The Labute approximate surface area is 363 Å². The Balaban J connectivity index is 1.26. The largest absolute Gasteiger partial charge is 0.530 e. The van der Waals surface area contributed by atoms with Gasteiger partial charge in [-0.05, 0) is 102 Å². The average Bonchev–Trinajstić information content (AvgIpc) is 3.31. The molecule has 0 fully saturated rings. The number of ketones is 1. The van der Waals surface area contributed by atoms with Crippen LogP contribution in [0.3, 0.4) is 0 Å². The first-order valence-electron chi connectivity index (χ1n) is 18.7. The Morgan fingerprint density at radius 1 is 0.381 bits per heavy atom. The van der Waals surface area contributed by atoms with Crippen LogP contribution in [-0.4, -0.2) is 59.4 Å². The van der Waals surface area contributed by atoms with Gasteiger partial charge in [-0.2, -0.15) is 0 Å². The molecule has 6 aromatic rings. The third-order valence-electron chi connectivity index (χ3n) is 9.39. The van der Waals surface area contributed by atoms with E-state index < -0.39 is 23.0 Å². The molecule has 0 heterocycles. The lowest BCUT2D eigenvalue weighted by Gasteiger charge is -2.26. The molecule has 6 aromatic carbocycles. The standard InChI is InChI=1S/C46H36O15P2/c1-52-40-19-28(24-47)11-15-34(40)56-62(57-35-16-12-29(25-48)20-41(35)53-2)60-38-9-5-7-32-23-33-8-6-10-39(45(33)46(51)44(32)38)61-63(58-36-17-13-30(26-49)21-42(36)54-3)59-37-18-14-31(27-50)22-43(37)55-4/h5-22,24-27H,23H2,1-4H3. The van der Waals surface area contributed by atoms with E-state index in [0.717, 1.165) is 0 Å². The average molecular weight is 891 g/mol. The fourth-order valence-electron chi connectivity index (χ4n) is 6.37. The highest BCUT2D eigenvalue weighted by Gasteiger charge is 2.35. The Morgan fingerprint density at radius 2 is 0.667 bits per heavy atom. The summed E-state index contributed by atoms with van der Waals surface area (Å²) < 4.78 is 60.1. The SMILES string of the molecule is COc1cc(C=O)ccc1OP(Oc1ccc(C=O)cc1OC)Oc1cccc2c1C(=O)c1c(cccc1OP(Oc1ccc(C=O)cc1OC)Oc1ccc(C=O)cc1OC)C2. The van der Waals surface area contributed by atoms with E-state index in [4.69, 9.17) is 46.1 Å². The molecule has 17 heteroatoms. The molecule has 1 aliphatic carbocycles. The van der Waals surface area contributed by atoms with Crippen LogP contribution < -0.4 is 46.1 Å². The van der Waals surface area contributed by atoms with Gasteiger partial charge in [-0.1, -0.05) is 24.3 Å². The molecule has 7 rings (SSSR count). The highest BCUT2D eigenvalue weighted by atomic mass is 31.2. The lowest BCUT2D eigenvalue weighted by Crippen LogP contribution is -2.18. The van der Waals surface area contributed by atoms with Crippen LogP contribution in [0.5, 0.6) is 57.5 Å². The molecule has 0 radical (unpaired) electrons. The van der Waals surface area contributed by atoms with Crippen LogP contribution >= 0.6 is 17.2 Å². The first kappa shape index (κ1) is 43.6. The molecule has 0 saturated carbocycles. The monoisotopic (exact) mass is 890 g/mol. The zero-order valence-electron chi connectivity index (χ0n) is 33.9. The first-order chi connectivity index (χ1) is 30.7. The highest BCUT2D eigenvalue weighted by Crippen LogP contribution is 2.51. The van der Waals surface area contributed by atoms with Crippen LogP contribution in [-0.2, 0) is 6.42 Å². The van der Waals surface area contributed by atoms with Crippen LogP contribution in [0.1, 0.15) is 68.5 Å². The molecule has 1 aliphatic rings. The maximum Gasteiger partial charge on any atom is 0.530 e. The summed E-state index contributed by atoms with van der Waals surface area (Å²) >= 11 is 0. The minimum atomic E-state index is -2.48. The van der Waals surface area contributed by atoms with E-state index in [1.807, 2.05) is 0 Å². The molecule has 0 atom stereocenters. The predicted octanol–water partition coefficient (Wildman–Crippen LogP) is 9.63. The Kier molecular flexibility index (Phi) is 13.8. The Morgan fingerprint density at radius 3 is 0.937 bits per heavy atom. The summed E-state index contributed by atoms with van der Waals surface area (Å²) in [6.45, 7) is 0. The first-order valence-corrected chi connectivity index (χ1v) is 20.9. The normalized spacial score (nSPS) is 11.4. The van der Waals surface area contributed by atoms with Crippen molar-refractivity contribution >= 4 is 48.1 Å². The van der Waals surface area contributed by atoms with Crippen LogP contribution in [0, 0.1) is 0 Å². The van der Waals surface area contributed by atoms with Crippen molar-refractivity contribution in [3.05, 3.63) is 154 Å². The van der Waals surface area contributed by atoms with E-state index in [1.165, 1.54) is 101 Å². The molecular weight excluding hydrogens is 854 g/mol. The summed E-state index contributed by atoms with van der Waals surface area (Å²) in [5.74, 6) is 1.23. The zero-order chi connectivity index (χ0) is 44.5. The maximum atomic E-state index is 14.9. The van der Waals surface area contributed by atoms with Gasteiger partial charge in [0, 0.05) is 22.3 Å². The molecule has 0 unspecified atom stereocenters. The van der Waals surface area contributed by atoms with Gasteiger partial charge in [0.15, 0.2) is 46.0 Å². The Bertz CT molecular complexity index is 2400. The summed E-state index contributed by atoms with van der Waals surface area (Å²) in [6, 6.07) is 28.3. The number of carbonyl (C=O) groups excluding carboxylic acids is 5. The molecular formula is C46H36O15P2. The fraction of sp³-hybridized carbons (Fsp3) is 0.109. The molecule has 0 spiro atoms. The van der Waals surface area contributed by atoms with E-state index in [1.54, 1.807) is 36.4 Å². The van der Waals surface area contributed by atoms with Crippen molar-refractivity contribution in [1.82, 2.24) is 0 Å². The number of carbonyl (C=O) groups is 5. The van der Waals surface area contributed by atoms with Gasteiger partial charge in [-0.15, -0.1) is 0 Å². The summed E-state index contributed by atoms with van der Waals surface area (Å²) in [7, 11) is 0.673. The van der Waals surface area contributed by atoms with Crippen molar-refractivity contribution < 1.29 is 70.1 Å². The summed E-state index contributed by atoms with van der Waals surface area (Å²) in [5, 5.41) is 0. The number of hydrogen-bond acceptors (Lipinski definition) is 15. The second-order valence-electron chi connectivity index (χ2n) is 13.2. The zero-order valence-corrected chi connectivity index (χ0v) is 35.7. The smallest absolute Gasteiger partial charge is 0.493 e. The van der Waals surface area contributed by atoms with Gasteiger partial charge in [-0.25, -0.2) is 0 Å². The second-order valence-corrected chi connectivity index (χ2v) is 15.2. The summed E-state index contributed by atoms with van der Waals surface area (Å²) in [5.41, 5.74) is 2.98. The van der Waals surface area contributed by atoms with Crippen LogP contribution in [0.25, 0.3) is 0 Å². The van der Waals surface area contributed by atoms with Crippen molar-refractivity contribution in [2.75, 3.05) is 28.4 Å². The molecule has 0 amide bonds. The van der Waals surface area contributed by atoms with Crippen molar-refractivity contribution in [1.29, 1.82) is 0 Å². The molecule has 0 N–H and O–H groups in total. The molecule has 63 heavy (non-hydrogen) atoms. The predicted molar refractivity (Wildman–Crippen MR) is 230 cm³/mol. The van der Waals surface area contributed by atoms with Crippen molar-refractivity contribution in [2.45, 2.75) is 6.42 Å². The van der Waals surface area contributed by atoms with Gasteiger partial charge < -0.3 is 46.1 Å². The van der Waals surface area contributed by atoms with E-state index >= 15 is 0 Å². The number of methoxy groups -OCH3 is 4. The number of rotatable bonds is 20. The minimum Gasteiger partial charge on any atom is -0.493 e. The Hall–Kier alpha value is -7.47. The highest BCUT2D eigenvalue weighted by molar-refractivity contribution is 7.43. The third-order valence-corrected chi connectivity index (χ3v) is 11.5. The van der Waals surface area contributed by atoms with Crippen molar-refractivity contribution in [3.63, 3.8) is 0 Å². The number of hydrogen-bond donors (Lipinski definition) is 0. The lowest BCUT2D eigenvalue weighted by molar-refractivity contribution is 0.102. The summed E-state index contributed by atoms with van der Waals surface area (Å²) in [4.78, 5) is 61.1. The van der Waals surface area contributed by atoms with E-state index in [2.05, 4.69) is 0 Å². The molecule has 15 nitrogen and oxygen atoms in total. The topological polar surface area (TPSA) is 178 Å². The maximum absolute atomic E-state index is 14.9. The van der Waals surface area contributed by atoms with Gasteiger partial charge in [0.05, 0.1) is 39.6 Å². The van der Waals surface area contributed by atoms with Crippen LogP contribution in [0.2, 0.25) is 0 Å². The van der Waals surface area contributed by atoms with Gasteiger partial charge in [0.2, 0.25) is 5.78 Å². The van der Waals surface area contributed by atoms with Crippen molar-refractivity contribution in [3.8, 4) is 57.5 Å². The fourth-order valence-corrected chi connectivity index (χ4v) is 8.47. The minimum absolute atomic E-state index is 0.103. The quantitative estimate of drug-likeness (QED) is 0.0521. The van der Waals surface area contributed by atoms with E-state index in [-0.39, 0.29) is 75.0 Å². The molecule has 0 aliphatic heterocycles. The second kappa shape index (κ2) is 19.9. The van der Waals surface area contributed by atoms with Crippen LogP contribution in [0.15, 0.2) is 109 Å². The van der Waals surface area contributed by atoms with E-state index in [9.17, 15) is 24.0 Å².